The quantitative estimate of drug-likeness (QED) is 0.702. The number of anilines is 1. The van der Waals surface area contributed by atoms with Crippen LogP contribution in [0.2, 0.25) is 0 Å². The molecule has 1 N–H and O–H groups in total. The minimum atomic E-state index is -0.275. The molecule has 27 heavy (non-hydrogen) atoms. The number of ether oxygens (including phenoxy) is 1. The van der Waals surface area contributed by atoms with Crippen LogP contribution < -0.4 is 10.1 Å². The minimum absolute atomic E-state index is 0.0385. The summed E-state index contributed by atoms with van der Waals surface area (Å²) in [7, 11) is 1.68. The van der Waals surface area contributed by atoms with Gasteiger partial charge in [-0.1, -0.05) is 51.1 Å². The zero-order chi connectivity index (χ0) is 19.5. The fourth-order valence-corrected chi connectivity index (χ4v) is 4.70. The molecule has 0 bridgehead atoms. The van der Waals surface area contributed by atoms with Crippen LogP contribution in [0.15, 0.2) is 54.6 Å². The Kier molecular flexibility index (Phi) is 5.59. The lowest BCUT2D eigenvalue weighted by Crippen LogP contribution is -2.47. The summed E-state index contributed by atoms with van der Waals surface area (Å²) in [6, 6.07) is 18.7. The Labute approximate surface area is 163 Å². The van der Waals surface area contributed by atoms with Crippen molar-refractivity contribution in [3.05, 3.63) is 60.2 Å². The molecule has 144 valence electrons. The summed E-state index contributed by atoms with van der Waals surface area (Å²) in [5.74, 6) is 1.47. The first kappa shape index (κ1) is 19.5. The van der Waals surface area contributed by atoms with Crippen LogP contribution in [0.3, 0.4) is 0 Å². The Morgan fingerprint density at radius 2 is 1.78 bits per heavy atom. The molecule has 0 aliphatic heterocycles. The van der Waals surface area contributed by atoms with Crippen LogP contribution in [0.4, 0.5) is 5.69 Å². The summed E-state index contributed by atoms with van der Waals surface area (Å²) in [6.45, 7) is 6.65. The first-order valence-electron chi connectivity index (χ1n) is 9.88. The first-order valence-corrected chi connectivity index (χ1v) is 9.88. The van der Waals surface area contributed by atoms with Crippen molar-refractivity contribution in [1.29, 1.82) is 0 Å². The smallest absolute Gasteiger partial charge is 0.133 e. The largest absolute Gasteiger partial charge is 0.497 e. The van der Waals surface area contributed by atoms with Crippen molar-refractivity contribution in [2.24, 2.45) is 11.3 Å². The molecule has 1 unspecified atom stereocenters. The van der Waals surface area contributed by atoms with E-state index in [4.69, 9.17) is 4.74 Å². The van der Waals surface area contributed by atoms with Crippen molar-refractivity contribution < 1.29 is 9.53 Å². The third-order valence-corrected chi connectivity index (χ3v) is 5.95. The second kappa shape index (κ2) is 7.75. The van der Waals surface area contributed by atoms with Gasteiger partial charge in [-0.05, 0) is 54.0 Å². The lowest BCUT2D eigenvalue weighted by atomic mass is 9.62. The van der Waals surface area contributed by atoms with E-state index >= 15 is 0 Å². The highest BCUT2D eigenvalue weighted by Gasteiger charge is 2.45. The number of ketones is 1. The van der Waals surface area contributed by atoms with E-state index in [1.54, 1.807) is 7.11 Å². The number of hydrogen-bond donors (Lipinski definition) is 1. The van der Waals surface area contributed by atoms with Gasteiger partial charge in [-0.15, -0.1) is 0 Å². The van der Waals surface area contributed by atoms with Gasteiger partial charge in [0, 0.05) is 18.5 Å². The first-order chi connectivity index (χ1) is 12.9. The van der Waals surface area contributed by atoms with Crippen molar-refractivity contribution >= 4 is 11.5 Å². The molecular formula is C24H31NO2. The van der Waals surface area contributed by atoms with E-state index in [-0.39, 0.29) is 16.9 Å². The van der Waals surface area contributed by atoms with Gasteiger partial charge in [-0.25, -0.2) is 0 Å². The van der Waals surface area contributed by atoms with Crippen LogP contribution in [-0.4, -0.2) is 12.9 Å². The van der Waals surface area contributed by atoms with E-state index in [1.165, 1.54) is 5.56 Å². The summed E-state index contributed by atoms with van der Waals surface area (Å²) in [4.78, 5) is 12.6. The number of nitrogens with one attached hydrogen (secondary N) is 1. The lowest BCUT2D eigenvalue weighted by Gasteiger charge is -2.47. The van der Waals surface area contributed by atoms with Gasteiger partial charge >= 0.3 is 0 Å². The normalized spacial score (nSPS) is 21.3. The van der Waals surface area contributed by atoms with E-state index in [2.05, 4.69) is 62.5 Å². The van der Waals surface area contributed by atoms with Crippen LogP contribution in [0.1, 0.15) is 52.0 Å². The van der Waals surface area contributed by atoms with Gasteiger partial charge < -0.3 is 10.1 Å². The summed E-state index contributed by atoms with van der Waals surface area (Å²) in [6.07, 6.45) is 3.26. The van der Waals surface area contributed by atoms with Crippen molar-refractivity contribution in [3.63, 3.8) is 0 Å². The molecule has 1 aliphatic rings. The summed E-state index contributed by atoms with van der Waals surface area (Å²) < 4.78 is 5.30. The van der Waals surface area contributed by atoms with Gasteiger partial charge in [-0.2, -0.15) is 0 Å². The molecular weight excluding hydrogens is 334 g/mol. The van der Waals surface area contributed by atoms with Crippen molar-refractivity contribution in [2.45, 2.75) is 52.0 Å². The van der Waals surface area contributed by atoms with Crippen LogP contribution >= 0.6 is 0 Å². The molecule has 3 heteroatoms. The van der Waals surface area contributed by atoms with Crippen molar-refractivity contribution in [1.82, 2.24) is 0 Å². The van der Waals surface area contributed by atoms with Gasteiger partial charge in [0.05, 0.1) is 12.6 Å². The maximum Gasteiger partial charge on any atom is 0.133 e. The number of hydrogen-bond acceptors (Lipinski definition) is 3. The molecule has 3 nitrogen and oxygen atoms in total. The molecule has 0 amide bonds. The van der Waals surface area contributed by atoms with E-state index in [0.717, 1.165) is 24.3 Å². The van der Waals surface area contributed by atoms with Crippen LogP contribution in [0.25, 0.3) is 0 Å². The van der Waals surface area contributed by atoms with Gasteiger partial charge in [0.2, 0.25) is 0 Å². The standard InChI is InChI=1S/C24H31NO2/c1-5-24(18-9-7-6-8-10-18,19-15-21(26)17-23(2,3)16-19)25-20-11-13-22(27-4)14-12-20/h6-14,19,25H,5,15-17H2,1-4H3/t19?,24-/m0/s1. The lowest BCUT2D eigenvalue weighted by molar-refractivity contribution is -0.126. The molecule has 2 aromatic carbocycles. The number of rotatable bonds is 6. The molecule has 0 aromatic heterocycles. The van der Waals surface area contributed by atoms with Gasteiger partial charge in [0.25, 0.3) is 0 Å². The summed E-state index contributed by atoms with van der Waals surface area (Å²) in [5, 5.41) is 3.83. The fraction of sp³-hybridized carbons (Fsp3) is 0.458. The monoisotopic (exact) mass is 365 g/mol. The number of benzene rings is 2. The summed E-state index contributed by atoms with van der Waals surface area (Å²) >= 11 is 0. The molecule has 1 fully saturated rings. The molecule has 0 radical (unpaired) electrons. The molecule has 2 atom stereocenters. The number of Topliss-reactive ketones (excluding diaryl/α,β-unsaturated/α-hetero) is 1. The Balaban J connectivity index is 2.03. The van der Waals surface area contributed by atoms with E-state index < -0.39 is 0 Å². The average molecular weight is 366 g/mol. The van der Waals surface area contributed by atoms with Crippen LogP contribution in [0.5, 0.6) is 5.75 Å². The van der Waals surface area contributed by atoms with Gasteiger partial charge in [-0.3, -0.25) is 4.79 Å². The van der Waals surface area contributed by atoms with E-state index in [9.17, 15) is 4.79 Å². The number of methoxy groups -OCH3 is 1. The van der Waals surface area contributed by atoms with Crippen molar-refractivity contribution in [2.75, 3.05) is 12.4 Å². The maximum atomic E-state index is 12.6. The molecule has 0 saturated heterocycles. The van der Waals surface area contributed by atoms with Gasteiger partial charge in [0.1, 0.15) is 11.5 Å². The Bertz CT molecular complexity index is 767. The topological polar surface area (TPSA) is 38.3 Å². The predicted molar refractivity (Wildman–Crippen MR) is 111 cm³/mol. The zero-order valence-electron chi connectivity index (χ0n) is 16.9. The average Bonchev–Trinajstić information content (AvgIpc) is 2.66. The SMILES string of the molecule is CC[C@](Nc1ccc(OC)cc1)(c1ccccc1)C1CC(=O)CC(C)(C)C1. The molecule has 0 spiro atoms. The molecule has 1 saturated carbocycles. The highest BCUT2D eigenvalue weighted by atomic mass is 16.5. The molecule has 3 rings (SSSR count). The molecule has 0 heterocycles. The molecule has 1 aliphatic carbocycles. The van der Waals surface area contributed by atoms with Crippen molar-refractivity contribution in [3.8, 4) is 5.75 Å². The maximum absolute atomic E-state index is 12.6. The number of carbonyl (C=O) groups excluding carboxylic acids is 1. The number of carbonyl (C=O) groups is 1. The van der Waals surface area contributed by atoms with Crippen LogP contribution in [0, 0.1) is 11.3 Å². The Morgan fingerprint density at radius 1 is 1.11 bits per heavy atom. The zero-order valence-corrected chi connectivity index (χ0v) is 16.9. The second-order valence-corrected chi connectivity index (χ2v) is 8.53. The fourth-order valence-electron chi connectivity index (χ4n) is 4.70. The Morgan fingerprint density at radius 3 is 2.33 bits per heavy atom. The summed E-state index contributed by atoms with van der Waals surface area (Å²) in [5.41, 5.74) is 2.07. The van der Waals surface area contributed by atoms with Gasteiger partial charge in [0.15, 0.2) is 0 Å². The van der Waals surface area contributed by atoms with Crippen LogP contribution in [-0.2, 0) is 10.3 Å². The third kappa shape index (κ3) is 4.18. The minimum Gasteiger partial charge on any atom is -0.497 e. The third-order valence-electron chi connectivity index (χ3n) is 5.95. The molecule has 2 aromatic rings. The second-order valence-electron chi connectivity index (χ2n) is 8.53. The highest BCUT2D eigenvalue weighted by molar-refractivity contribution is 5.80. The van der Waals surface area contributed by atoms with E-state index in [0.29, 0.717) is 18.6 Å². The highest BCUT2D eigenvalue weighted by Crippen LogP contribution is 2.48. The predicted octanol–water partition coefficient (Wildman–Crippen LogP) is 5.81. The van der Waals surface area contributed by atoms with E-state index in [1.807, 2.05) is 18.2 Å². The Hall–Kier alpha value is -2.29.